The maximum atomic E-state index is 9.72. The van der Waals surface area contributed by atoms with E-state index in [4.69, 9.17) is 14.0 Å². The van der Waals surface area contributed by atoms with Crippen LogP contribution in [0.2, 0.25) is 0 Å². The Labute approximate surface area is 297 Å². The lowest BCUT2D eigenvalue weighted by Crippen LogP contribution is -1.91. The minimum Gasteiger partial charge on any atom is -0.456 e. The molecular formula is C48H30O. The Hall–Kier alpha value is -6.44. The third-order valence-electron chi connectivity index (χ3n) is 9.40. The first-order chi connectivity index (χ1) is 28.0. The molecule has 0 spiro atoms. The van der Waals surface area contributed by atoms with Crippen LogP contribution in [0.4, 0.5) is 0 Å². The highest BCUT2D eigenvalue weighted by Crippen LogP contribution is 2.47. The fourth-order valence-electron chi connectivity index (χ4n) is 7.23. The molecule has 0 aliphatic heterocycles. The van der Waals surface area contributed by atoms with E-state index in [1.165, 1.54) is 0 Å². The second-order valence-electron chi connectivity index (χ2n) is 12.1. The Bertz CT molecular complexity index is 3320. The molecule has 1 aromatic heterocycles. The van der Waals surface area contributed by atoms with Crippen LogP contribution in [0.3, 0.4) is 0 Å². The zero-order valence-corrected chi connectivity index (χ0v) is 26.0. The summed E-state index contributed by atoms with van der Waals surface area (Å²) in [7, 11) is 0. The van der Waals surface area contributed by atoms with Crippen LogP contribution in [-0.2, 0) is 0 Å². The fraction of sp³-hybridized carbons (Fsp3) is 0. The molecule has 0 N–H and O–H groups in total. The first-order valence-corrected chi connectivity index (χ1v) is 16.1. The average Bonchev–Trinajstić information content (AvgIpc) is 3.62. The van der Waals surface area contributed by atoms with E-state index in [1.54, 1.807) is 12.1 Å². The van der Waals surface area contributed by atoms with E-state index in [-0.39, 0.29) is 47.4 Å². The number of furan rings is 1. The zero-order chi connectivity index (χ0) is 40.1. The van der Waals surface area contributed by atoms with E-state index in [2.05, 4.69) is 0 Å². The van der Waals surface area contributed by atoms with E-state index in [1.807, 2.05) is 115 Å². The lowest BCUT2D eigenvalue weighted by Gasteiger charge is -2.18. The molecule has 0 aliphatic rings. The Balaban J connectivity index is 1.28. The number of hydrogen-bond acceptors (Lipinski definition) is 1. The summed E-state index contributed by atoms with van der Waals surface area (Å²) in [6.07, 6.45) is 0. The zero-order valence-electron chi connectivity index (χ0n) is 35.0. The lowest BCUT2D eigenvalue weighted by molar-refractivity contribution is 0.669. The molecule has 0 aliphatic carbocycles. The molecule has 49 heavy (non-hydrogen) atoms. The fourth-order valence-corrected chi connectivity index (χ4v) is 7.23. The van der Waals surface area contributed by atoms with Gasteiger partial charge in [-0.1, -0.05) is 151 Å². The standard InChI is InChI=1S/C48H30O/c1-2-12-31(13-3-1)36-26-27-44-43(30-36)48-42(22-11-23-45(48)49-44)47-40-20-8-6-18-38(40)46(39-19-7-9-21-41(39)47)37-17-10-16-34(29-37)35-25-24-32-14-4-5-15-33(32)28-35/h1-30H/i1D,2D,3D,10D,12D,13D,16D,17D,29D. The molecule has 0 unspecified atom stereocenters. The largest absolute Gasteiger partial charge is 0.456 e. The Morgan fingerprint density at radius 2 is 1.02 bits per heavy atom. The van der Waals surface area contributed by atoms with Crippen molar-refractivity contribution >= 4 is 54.3 Å². The molecule has 1 heteroatoms. The molecule has 10 aromatic rings. The van der Waals surface area contributed by atoms with Crippen LogP contribution in [0.5, 0.6) is 0 Å². The predicted molar refractivity (Wildman–Crippen MR) is 208 cm³/mol. The molecule has 9 aromatic carbocycles. The molecule has 1 heterocycles. The Kier molecular flexibility index (Phi) is 4.53. The predicted octanol–water partition coefficient (Wildman–Crippen LogP) is 13.7. The average molecular weight is 632 g/mol. The van der Waals surface area contributed by atoms with E-state index in [9.17, 15) is 2.74 Å². The molecule has 0 saturated heterocycles. The van der Waals surface area contributed by atoms with Crippen molar-refractivity contribution in [1.29, 1.82) is 0 Å². The summed E-state index contributed by atoms with van der Waals surface area (Å²) in [5.74, 6) is 0. The van der Waals surface area contributed by atoms with Crippen LogP contribution in [0.25, 0.3) is 98.8 Å². The summed E-state index contributed by atoms with van der Waals surface area (Å²) in [5.41, 5.74) is 5.30. The van der Waals surface area contributed by atoms with Crippen molar-refractivity contribution in [3.63, 3.8) is 0 Å². The molecular weight excluding hydrogens is 593 g/mol. The maximum Gasteiger partial charge on any atom is 0.136 e. The van der Waals surface area contributed by atoms with Gasteiger partial charge in [-0.05, 0) is 107 Å². The summed E-state index contributed by atoms with van der Waals surface area (Å²) in [6.45, 7) is 0. The third kappa shape index (κ3) is 4.47. The molecule has 0 bridgehead atoms. The van der Waals surface area contributed by atoms with Crippen molar-refractivity contribution in [2.45, 2.75) is 0 Å². The van der Waals surface area contributed by atoms with Crippen LogP contribution in [-0.4, -0.2) is 0 Å². The van der Waals surface area contributed by atoms with Gasteiger partial charge in [0, 0.05) is 10.8 Å². The van der Waals surface area contributed by atoms with Gasteiger partial charge in [0.05, 0.1) is 12.3 Å². The van der Waals surface area contributed by atoms with E-state index >= 15 is 0 Å². The van der Waals surface area contributed by atoms with Gasteiger partial charge < -0.3 is 4.42 Å². The molecule has 10 rings (SSSR count). The quantitative estimate of drug-likeness (QED) is 0.176. The highest BCUT2D eigenvalue weighted by molar-refractivity contribution is 6.25. The van der Waals surface area contributed by atoms with Crippen molar-refractivity contribution in [2.75, 3.05) is 0 Å². The van der Waals surface area contributed by atoms with Gasteiger partial charge in [-0.3, -0.25) is 0 Å². The number of rotatable bonds is 4. The van der Waals surface area contributed by atoms with Gasteiger partial charge in [-0.15, -0.1) is 0 Å². The van der Waals surface area contributed by atoms with Gasteiger partial charge >= 0.3 is 0 Å². The van der Waals surface area contributed by atoms with Crippen LogP contribution in [0.1, 0.15) is 12.3 Å². The van der Waals surface area contributed by atoms with Crippen molar-refractivity contribution < 1.29 is 16.8 Å². The normalized spacial score (nSPS) is 14.2. The molecule has 0 radical (unpaired) electrons. The minimum absolute atomic E-state index is 0.00689. The Morgan fingerprint density at radius 1 is 0.388 bits per heavy atom. The van der Waals surface area contributed by atoms with Crippen LogP contribution >= 0.6 is 0 Å². The van der Waals surface area contributed by atoms with Gasteiger partial charge in [0.15, 0.2) is 0 Å². The topological polar surface area (TPSA) is 13.1 Å². The van der Waals surface area contributed by atoms with Gasteiger partial charge in [0.1, 0.15) is 11.2 Å². The van der Waals surface area contributed by atoms with Crippen molar-refractivity contribution in [3.05, 3.63) is 182 Å². The van der Waals surface area contributed by atoms with Crippen LogP contribution in [0, 0.1) is 0 Å². The van der Waals surface area contributed by atoms with Gasteiger partial charge in [-0.25, -0.2) is 0 Å². The monoisotopic (exact) mass is 631 g/mol. The summed E-state index contributed by atoms with van der Waals surface area (Å²) < 4.78 is 85.5. The summed E-state index contributed by atoms with van der Waals surface area (Å²) in [5, 5.41) is 6.67. The smallest absolute Gasteiger partial charge is 0.136 e. The third-order valence-corrected chi connectivity index (χ3v) is 9.40. The van der Waals surface area contributed by atoms with E-state index in [0.29, 0.717) is 38.8 Å². The number of hydrogen-bond donors (Lipinski definition) is 0. The molecule has 0 fully saturated rings. The lowest BCUT2D eigenvalue weighted by atomic mass is 9.84. The van der Waals surface area contributed by atoms with E-state index in [0.717, 1.165) is 48.8 Å². The van der Waals surface area contributed by atoms with Gasteiger partial charge in [0.2, 0.25) is 0 Å². The minimum atomic E-state index is -0.451. The van der Waals surface area contributed by atoms with Crippen LogP contribution in [0.15, 0.2) is 186 Å². The maximum absolute atomic E-state index is 9.72. The highest BCUT2D eigenvalue weighted by atomic mass is 16.3. The highest BCUT2D eigenvalue weighted by Gasteiger charge is 2.20. The molecule has 0 amide bonds. The first kappa shape index (κ1) is 20.0. The van der Waals surface area contributed by atoms with E-state index < -0.39 is 18.1 Å². The molecule has 228 valence electrons. The van der Waals surface area contributed by atoms with Crippen molar-refractivity contribution in [1.82, 2.24) is 0 Å². The Morgan fingerprint density at radius 3 is 1.80 bits per heavy atom. The van der Waals surface area contributed by atoms with Crippen molar-refractivity contribution in [3.8, 4) is 44.5 Å². The number of benzene rings is 9. The molecule has 0 atom stereocenters. The second-order valence-corrected chi connectivity index (χ2v) is 12.1. The number of fused-ring (bicyclic) bond motifs is 6. The van der Waals surface area contributed by atoms with Gasteiger partial charge in [-0.2, -0.15) is 0 Å². The van der Waals surface area contributed by atoms with Gasteiger partial charge in [0.25, 0.3) is 0 Å². The summed E-state index contributed by atoms with van der Waals surface area (Å²) in [4.78, 5) is 0. The SMILES string of the molecule is [2H]c1c([2H])c([2H])c(-c2ccc3oc4cccc(-c5c6ccccc6c(-c6c([2H])c([2H])c([2H])c(-c7ccc8ccccc8c7)c6[2H])c6ccccc56)c4c3c2)c([2H])c1[2H]. The van der Waals surface area contributed by atoms with Crippen LogP contribution < -0.4 is 0 Å². The molecule has 0 saturated carbocycles. The second kappa shape index (κ2) is 11.1. The van der Waals surface area contributed by atoms with Crippen molar-refractivity contribution in [2.24, 2.45) is 0 Å². The summed E-state index contributed by atoms with van der Waals surface area (Å²) in [6, 6.07) is 38.0. The molecule has 1 nitrogen and oxygen atoms in total. The summed E-state index contributed by atoms with van der Waals surface area (Å²) >= 11 is 0. The first-order valence-electron chi connectivity index (χ1n) is 20.6.